The molecular formula is C46H59ClN10O6S. The predicted octanol–water partition coefficient (Wildman–Crippen LogP) is 6.17. The Morgan fingerprint density at radius 3 is 2.48 bits per heavy atom. The van der Waals surface area contributed by atoms with Crippen LogP contribution in [-0.4, -0.2) is 132 Å². The van der Waals surface area contributed by atoms with E-state index in [9.17, 15) is 19.2 Å². The van der Waals surface area contributed by atoms with Gasteiger partial charge in [0.05, 0.1) is 37.7 Å². The SMILES string of the molecule is CNc1nc(Nc2ccc(C(=O)N3CCN(CCCOc4cccc(C(=O)c5csc(C6CCCN6C(=O)[C@@H](NC(=O)[C@H](C)NC)C6CCCCC6)n5)c4)CC3)cc2OC)ncc1Cl. The fourth-order valence-electron chi connectivity index (χ4n) is 8.63. The molecule has 3 fully saturated rings. The first-order chi connectivity index (χ1) is 31.1. The van der Waals surface area contributed by atoms with Crippen LogP contribution in [-0.2, 0) is 9.59 Å². The number of likely N-dealkylation sites (tertiary alicyclic amines) is 1. The number of anilines is 3. The predicted molar refractivity (Wildman–Crippen MR) is 248 cm³/mol. The molecule has 1 aliphatic carbocycles. The van der Waals surface area contributed by atoms with Gasteiger partial charge in [-0.2, -0.15) is 4.98 Å². The molecule has 4 heterocycles. The molecule has 18 heteroatoms. The Labute approximate surface area is 383 Å². The van der Waals surface area contributed by atoms with Crippen LogP contribution in [0.15, 0.2) is 54.0 Å². The fraction of sp³-hybridized carbons (Fsp3) is 0.500. The highest BCUT2D eigenvalue weighted by molar-refractivity contribution is 7.10. The lowest BCUT2D eigenvalue weighted by atomic mass is 9.83. The van der Waals surface area contributed by atoms with Crippen molar-refractivity contribution in [3.8, 4) is 11.5 Å². The lowest BCUT2D eigenvalue weighted by Crippen LogP contribution is -2.55. The third-order valence-electron chi connectivity index (χ3n) is 12.4. The summed E-state index contributed by atoms with van der Waals surface area (Å²) in [6.45, 7) is 6.34. The fourth-order valence-corrected chi connectivity index (χ4v) is 9.76. The molecule has 2 aromatic heterocycles. The average molecular weight is 916 g/mol. The third kappa shape index (κ3) is 11.3. The zero-order valence-electron chi connectivity index (χ0n) is 37.0. The van der Waals surface area contributed by atoms with E-state index in [0.717, 1.165) is 76.0 Å². The number of likely N-dealkylation sites (N-methyl/N-ethyl adjacent to an activating group) is 1. The van der Waals surface area contributed by atoms with Gasteiger partial charge in [-0.25, -0.2) is 9.97 Å². The normalized spacial score (nSPS) is 18.0. The van der Waals surface area contributed by atoms with Crippen LogP contribution in [0.5, 0.6) is 11.5 Å². The van der Waals surface area contributed by atoms with Crippen LogP contribution in [0.1, 0.15) is 95.7 Å². The van der Waals surface area contributed by atoms with E-state index in [2.05, 4.69) is 36.1 Å². The van der Waals surface area contributed by atoms with Crippen LogP contribution >= 0.6 is 22.9 Å². The summed E-state index contributed by atoms with van der Waals surface area (Å²) < 4.78 is 11.7. The minimum Gasteiger partial charge on any atom is -0.495 e. The number of carbonyl (C=O) groups is 4. The zero-order chi connectivity index (χ0) is 45.2. The molecule has 2 aromatic carbocycles. The number of thiazole rings is 1. The van der Waals surface area contributed by atoms with Crippen molar-refractivity contribution in [2.24, 2.45) is 5.92 Å². The van der Waals surface area contributed by atoms with Crippen LogP contribution < -0.4 is 30.7 Å². The maximum atomic E-state index is 14.2. The molecular weight excluding hydrogens is 856 g/mol. The molecule has 342 valence electrons. The van der Waals surface area contributed by atoms with E-state index < -0.39 is 12.1 Å². The van der Waals surface area contributed by atoms with Gasteiger partial charge in [0.2, 0.25) is 23.5 Å². The van der Waals surface area contributed by atoms with Gasteiger partial charge in [-0.15, -0.1) is 11.3 Å². The molecule has 0 radical (unpaired) electrons. The Morgan fingerprint density at radius 2 is 1.73 bits per heavy atom. The molecule has 3 atom stereocenters. The lowest BCUT2D eigenvalue weighted by molar-refractivity contribution is -0.139. The van der Waals surface area contributed by atoms with Gasteiger partial charge in [-0.1, -0.05) is 43.0 Å². The first-order valence-electron chi connectivity index (χ1n) is 22.2. The number of carbonyl (C=O) groups excluding carboxylic acids is 4. The zero-order valence-corrected chi connectivity index (χ0v) is 38.6. The second-order valence-corrected chi connectivity index (χ2v) is 17.8. The van der Waals surface area contributed by atoms with Gasteiger partial charge in [0.25, 0.3) is 5.91 Å². The highest BCUT2D eigenvalue weighted by Gasteiger charge is 2.40. The Kier molecular flexibility index (Phi) is 16.0. The summed E-state index contributed by atoms with van der Waals surface area (Å²) in [7, 11) is 5.01. The van der Waals surface area contributed by atoms with Gasteiger partial charge < -0.3 is 40.5 Å². The Morgan fingerprint density at radius 1 is 0.938 bits per heavy atom. The number of benzene rings is 2. The van der Waals surface area contributed by atoms with Crippen molar-refractivity contribution < 1.29 is 28.7 Å². The van der Waals surface area contributed by atoms with Crippen LogP contribution in [0.3, 0.4) is 0 Å². The summed E-state index contributed by atoms with van der Waals surface area (Å²) in [5, 5.41) is 15.1. The molecule has 16 nitrogen and oxygen atoms in total. The van der Waals surface area contributed by atoms with Crippen molar-refractivity contribution in [3.05, 3.63) is 80.9 Å². The number of rotatable bonds is 18. The minimum atomic E-state index is -0.579. The Bertz CT molecular complexity index is 2260. The van der Waals surface area contributed by atoms with Gasteiger partial charge in [0.15, 0.2) is 0 Å². The van der Waals surface area contributed by atoms with Crippen LogP contribution in [0.4, 0.5) is 17.5 Å². The van der Waals surface area contributed by atoms with Crippen molar-refractivity contribution in [1.82, 2.24) is 40.3 Å². The Balaban J connectivity index is 0.874. The molecule has 7 rings (SSSR count). The van der Waals surface area contributed by atoms with Gasteiger partial charge in [-0.3, -0.25) is 24.1 Å². The van der Waals surface area contributed by atoms with E-state index in [-0.39, 0.29) is 35.5 Å². The number of piperazine rings is 1. The molecule has 2 saturated heterocycles. The number of hydrogen-bond donors (Lipinski definition) is 4. The van der Waals surface area contributed by atoms with Crippen molar-refractivity contribution in [2.75, 3.05) is 77.7 Å². The standard InChI is InChI=1S/C46H59ClN10O6S/c1-29(48-2)42(59)53-39(30-11-6-5-7-12-30)45(61)57-19-9-15-37(57)43-51-36(28-64-43)40(58)31-13-8-14-33(25-31)63-24-10-18-55-20-22-56(23-21-55)44(60)32-16-17-35(38(26-32)62-4)52-46-50-27-34(47)41(49-3)54-46/h8,13-14,16-17,25-30,37,39,48H,5-7,9-12,15,18-24H2,1-4H3,(H,53,59)(H2,49,50,52,54)/t29-,37?,39-/m0/s1. The highest BCUT2D eigenvalue weighted by atomic mass is 35.5. The summed E-state index contributed by atoms with van der Waals surface area (Å²) in [5.41, 5.74) is 1.97. The van der Waals surface area contributed by atoms with Crippen molar-refractivity contribution in [2.45, 2.75) is 76.4 Å². The van der Waals surface area contributed by atoms with Crippen molar-refractivity contribution in [3.63, 3.8) is 0 Å². The van der Waals surface area contributed by atoms with Gasteiger partial charge in [-0.05, 0) is 82.3 Å². The molecule has 4 N–H and O–H groups in total. The van der Waals surface area contributed by atoms with E-state index >= 15 is 0 Å². The molecule has 2 aliphatic heterocycles. The van der Waals surface area contributed by atoms with Crippen molar-refractivity contribution in [1.29, 1.82) is 0 Å². The number of aromatic nitrogens is 3. The van der Waals surface area contributed by atoms with Gasteiger partial charge >= 0.3 is 0 Å². The lowest BCUT2D eigenvalue weighted by Gasteiger charge is -2.35. The Hall–Kier alpha value is -5.36. The number of halogens is 1. The smallest absolute Gasteiger partial charge is 0.254 e. The summed E-state index contributed by atoms with van der Waals surface area (Å²) in [4.78, 5) is 73.8. The summed E-state index contributed by atoms with van der Waals surface area (Å²) >= 11 is 7.52. The number of ketones is 1. The molecule has 64 heavy (non-hydrogen) atoms. The molecule has 1 saturated carbocycles. The summed E-state index contributed by atoms with van der Waals surface area (Å²) in [5.74, 6) is 1.53. The third-order valence-corrected chi connectivity index (χ3v) is 13.6. The molecule has 3 amide bonds. The topological polar surface area (TPSA) is 183 Å². The number of methoxy groups -OCH3 is 1. The minimum absolute atomic E-state index is 0.0552. The first-order valence-corrected chi connectivity index (χ1v) is 23.5. The molecule has 1 unspecified atom stereocenters. The number of ether oxygens (including phenoxy) is 2. The number of amides is 3. The number of nitrogens with zero attached hydrogens (tertiary/aromatic N) is 6. The second-order valence-electron chi connectivity index (χ2n) is 16.5. The van der Waals surface area contributed by atoms with E-state index in [0.29, 0.717) is 77.0 Å². The quantitative estimate of drug-likeness (QED) is 0.0657. The van der Waals surface area contributed by atoms with E-state index in [1.54, 1.807) is 63.8 Å². The second kappa shape index (κ2) is 22.0. The number of nitrogens with one attached hydrogen (secondary N) is 4. The van der Waals surface area contributed by atoms with Crippen LogP contribution in [0.2, 0.25) is 5.02 Å². The van der Waals surface area contributed by atoms with E-state index in [1.165, 1.54) is 17.5 Å². The molecule has 4 aromatic rings. The molecule has 0 spiro atoms. The molecule has 0 bridgehead atoms. The van der Waals surface area contributed by atoms with Gasteiger partial charge in [0, 0.05) is 62.8 Å². The van der Waals surface area contributed by atoms with E-state index in [4.69, 9.17) is 26.1 Å². The maximum Gasteiger partial charge on any atom is 0.254 e. The summed E-state index contributed by atoms with van der Waals surface area (Å²) in [6.07, 6.45) is 8.96. The highest BCUT2D eigenvalue weighted by Crippen LogP contribution is 2.37. The summed E-state index contributed by atoms with van der Waals surface area (Å²) in [6, 6.07) is 11.2. The molecule has 3 aliphatic rings. The van der Waals surface area contributed by atoms with Crippen LogP contribution in [0.25, 0.3) is 0 Å². The largest absolute Gasteiger partial charge is 0.495 e. The maximum absolute atomic E-state index is 14.2. The van der Waals surface area contributed by atoms with Crippen LogP contribution in [0, 0.1) is 5.92 Å². The van der Waals surface area contributed by atoms with E-state index in [1.807, 2.05) is 21.9 Å². The van der Waals surface area contributed by atoms with Crippen molar-refractivity contribution >= 4 is 63.9 Å². The average Bonchev–Trinajstić information content (AvgIpc) is 4.03. The monoisotopic (exact) mass is 914 g/mol. The van der Waals surface area contributed by atoms with Gasteiger partial charge in [0.1, 0.15) is 39.1 Å². The first kappa shape index (κ1) is 46.6. The number of hydrogen-bond acceptors (Lipinski definition) is 14.